The summed E-state index contributed by atoms with van der Waals surface area (Å²) in [5, 5.41) is 6.26. The first-order valence-electron chi connectivity index (χ1n) is 9.36. The van der Waals surface area contributed by atoms with E-state index in [4.69, 9.17) is 0 Å². The second-order valence-corrected chi connectivity index (χ2v) is 6.94. The van der Waals surface area contributed by atoms with Crippen LogP contribution in [-0.4, -0.2) is 30.3 Å². The normalized spacial score (nSPS) is 10.3. The summed E-state index contributed by atoms with van der Waals surface area (Å²) in [6, 6.07) is 15.2. The molecule has 0 heterocycles. The van der Waals surface area contributed by atoms with Gasteiger partial charge in [-0.3, -0.25) is 9.59 Å². The lowest BCUT2D eigenvalue weighted by Crippen LogP contribution is -2.29. The van der Waals surface area contributed by atoms with Crippen LogP contribution >= 0.6 is 12.4 Å². The first-order valence-corrected chi connectivity index (χ1v) is 9.36. The number of carbonyl (C=O) groups excluding carboxylic acids is 2. The molecule has 0 bridgehead atoms. The Morgan fingerprint density at radius 1 is 1.04 bits per heavy atom. The van der Waals surface area contributed by atoms with Gasteiger partial charge in [0.05, 0.1) is 0 Å². The van der Waals surface area contributed by atoms with Gasteiger partial charge >= 0.3 is 0 Å². The first-order chi connectivity index (χ1) is 12.9. The Morgan fingerprint density at radius 3 is 2.29 bits per heavy atom. The van der Waals surface area contributed by atoms with Crippen LogP contribution in [0, 0.1) is 5.92 Å². The van der Waals surface area contributed by atoms with Crippen LogP contribution < -0.4 is 10.6 Å². The zero-order chi connectivity index (χ0) is 19.8. The summed E-state index contributed by atoms with van der Waals surface area (Å²) in [7, 11) is 1.80. The van der Waals surface area contributed by atoms with E-state index in [-0.39, 0.29) is 30.1 Å². The summed E-state index contributed by atoms with van der Waals surface area (Å²) in [4.78, 5) is 26.3. The molecule has 0 unspecified atom stereocenters. The van der Waals surface area contributed by atoms with E-state index in [1.807, 2.05) is 50.2 Å². The highest BCUT2D eigenvalue weighted by molar-refractivity contribution is 6.04. The Morgan fingerprint density at radius 2 is 1.68 bits per heavy atom. The van der Waals surface area contributed by atoms with Crippen molar-refractivity contribution in [1.29, 1.82) is 0 Å². The predicted octanol–water partition coefficient (Wildman–Crippen LogP) is 4.08. The lowest BCUT2D eigenvalue weighted by Gasteiger charge is -2.19. The van der Waals surface area contributed by atoms with Crippen LogP contribution in [0.1, 0.15) is 42.3 Å². The predicted molar refractivity (Wildman–Crippen MR) is 117 cm³/mol. The van der Waals surface area contributed by atoms with Crippen LogP contribution in [0.15, 0.2) is 48.5 Å². The number of anilines is 1. The smallest absolute Gasteiger partial charge is 0.255 e. The van der Waals surface area contributed by atoms with E-state index in [1.165, 1.54) is 0 Å². The lowest BCUT2D eigenvalue weighted by molar-refractivity contribution is -0.133. The number of carbonyl (C=O) groups is 2. The molecule has 2 N–H and O–H groups in total. The minimum absolute atomic E-state index is 0. The highest BCUT2D eigenvalue weighted by Crippen LogP contribution is 2.17. The molecule has 2 rings (SSSR count). The molecule has 0 fully saturated rings. The van der Waals surface area contributed by atoms with E-state index in [0.717, 1.165) is 23.4 Å². The van der Waals surface area contributed by atoms with Crippen LogP contribution in [0.4, 0.5) is 5.69 Å². The van der Waals surface area contributed by atoms with Gasteiger partial charge in [-0.05, 0) is 35.9 Å². The number of rotatable bonds is 8. The zero-order valence-electron chi connectivity index (χ0n) is 17.0. The monoisotopic (exact) mass is 403 g/mol. The van der Waals surface area contributed by atoms with Gasteiger partial charge in [0.2, 0.25) is 5.91 Å². The standard InChI is InChI=1S/C22H29N3O2.ClH/c1-5-23-14-19-8-6-7-9-20(19)24-21(26)18-12-10-17(11-13-18)15-25(4)22(27)16(2)3;/h6-13,16,23H,5,14-15H2,1-4H3,(H,24,26);1H. The van der Waals surface area contributed by atoms with E-state index in [1.54, 1.807) is 24.1 Å². The fraction of sp³-hybridized carbons (Fsp3) is 0.364. The number of benzene rings is 2. The van der Waals surface area contributed by atoms with Gasteiger partial charge in [0.25, 0.3) is 5.91 Å². The minimum Gasteiger partial charge on any atom is -0.341 e. The number of nitrogens with one attached hydrogen (secondary N) is 2. The summed E-state index contributed by atoms with van der Waals surface area (Å²) in [6.07, 6.45) is 0. The van der Waals surface area contributed by atoms with E-state index in [9.17, 15) is 9.59 Å². The number of hydrogen-bond acceptors (Lipinski definition) is 3. The van der Waals surface area contributed by atoms with Crippen molar-refractivity contribution in [2.75, 3.05) is 18.9 Å². The summed E-state index contributed by atoms with van der Waals surface area (Å²) in [5.74, 6) is -0.0615. The SMILES string of the molecule is CCNCc1ccccc1NC(=O)c1ccc(CN(C)C(=O)C(C)C)cc1.Cl. The third-order valence-electron chi connectivity index (χ3n) is 4.34. The maximum atomic E-state index is 12.6. The number of nitrogens with zero attached hydrogens (tertiary/aromatic N) is 1. The van der Waals surface area contributed by atoms with E-state index >= 15 is 0 Å². The van der Waals surface area contributed by atoms with Crippen molar-refractivity contribution in [1.82, 2.24) is 10.2 Å². The average molecular weight is 404 g/mol. The van der Waals surface area contributed by atoms with Crippen LogP contribution in [0.5, 0.6) is 0 Å². The van der Waals surface area contributed by atoms with Crippen molar-refractivity contribution in [3.8, 4) is 0 Å². The first kappa shape index (κ1) is 23.7. The molecule has 0 saturated carbocycles. The van der Waals surface area contributed by atoms with Crippen LogP contribution in [0.3, 0.4) is 0 Å². The molecule has 0 aromatic heterocycles. The topological polar surface area (TPSA) is 61.4 Å². The summed E-state index contributed by atoms with van der Waals surface area (Å²) >= 11 is 0. The molecule has 0 aliphatic carbocycles. The summed E-state index contributed by atoms with van der Waals surface area (Å²) in [6.45, 7) is 7.94. The highest BCUT2D eigenvalue weighted by Gasteiger charge is 2.14. The van der Waals surface area contributed by atoms with Gasteiger partial charge in [0.15, 0.2) is 0 Å². The van der Waals surface area contributed by atoms with Crippen molar-refractivity contribution < 1.29 is 9.59 Å². The molecule has 6 heteroatoms. The van der Waals surface area contributed by atoms with Crippen LogP contribution in [0.2, 0.25) is 0 Å². The quantitative estimate of drug-likeness (QED) is 0.698. The average Bonchev–Trinajstić information content (AvgIpc) is 2.67. The van der Waals surface area contributed by atoms with Crippen molar-refractivity contribution in [2.24, 2.45) is 5.92 Å². The van der Waals surface area contributed by atoms with Gasteiger partial charge in [-0.2, -0.15) is 0 Å². The van der Waals surface area contributed by atoms with Gasteiger partial charge in [0.1, 0.15) is 0 Å². The second-order valence-electron chi connectivity index (χ2n) is 6.94. The van der Waals surface area contributed by atoms with E-state index in [2.05, 4.69) is 17.6 Å². The summed E-state index contributed by atoms with van der Waals surface area (Å²) in [5.41, 5.74) is 3.46. The fourth-order valence-corrected chi connectivity index (χ4v) is 2.80. The third kappa shape index (κ3) is 6.66. The zero-order valence-corrected chi connectivity index (χ0v) is 17.8. The van der Waals surface area contributed by atoms with Gasteiger partial charge in [0, 0.05) is 37.3 Å². The molecular formula is C22H30ClN3O2. The number of amides is 2. The molecule has 0 aliphatic rings. The Bertz CT molecular complexity index is 776. The van der Waals surface area contributed by atoms with Crippen molar-refractivity contribution >= 4 is 29.9 Å². The van der Waals surface area contributed by atoms with Gasteiger partial charge in [-0.25, -0.2) is 0 Å². The summed E-state index contributed by atoms with van der Waals surface area (Å²) < 4.78 is 0. The van der Waals surface area contributed by atoms with Gasteiger partial charge in [-0.15, -0.1) is 12.4 Å². The van der Waals surface area contributed by atoms with Gasteiger partial charge < -0.3 is 15.5 Å². The Balaban J connectivity index is 0.00000392. The number of para-hydroxylation sites is 1. The molecule has 0 saturated heterocycles. The molecule has 2 aromatic carbocycles. The Hall–Kier alpha value is -2.37. The Labute approximate surface area is 173 Å². The minimum atomic E-state index is -0.142. The maximum Gasteiger partial charge on any atom is 0.255 e. The van der Waals surface area contributed by atoms with Crippen molar-refractivity contribution in [3.05, 3.63) is 65.2 Å². The number of hydrogen-bond donors (Lipinski definition) is 2. The van der Waals surface area contributed by atoms with E-state index in [0.29, 0.717) is 18.7 Å². The Kier molecular flexibility index (Phi) is 9.69. The van der Waals surface area contributed by atoms with Crippen molar-refractivity contribution in [3.63, 3.8) is 0 Å². The van der Waals surface area contributed by atoms with Gasteiger partial charge in [-0.1, -0.05) is 51.1 Å². The van der Waals surface area contributed by atoms with E-state index < -0.39 is 0 Å². The molecule has 2 amide bonds. The fourth-order valence-electron chi connectivity index (χ4n) is 2.80. The van der Waals surface area contributed by atoms with Crippen LogP contribution in [0.25, 0.3) is 0 Å². The number of halogens is 1. The molecule has 152 valence electrons. The highest BCUT2D eigenvalue weighted by atomic mass is 35.5. The largest absolute Gasteiger partial charge is 0.341 e. The molecular weight excluding hydrogens is 374 g/mol. The molecule has 28 heavy (non-hydrogen) atoms. The maximum absolute atomic E-state index is 12.6. The molecule has 2 aromatic rings. The molecule has 0 spiro atoms. The lowest BCUT2D eigenvalue weighted by atomic mass is 10.1. The third-order valence-corrected chi connectivity index (χ3v) is 4.34. The molecule has 0 radical (unpaired) electrons. The molecule has 0 aliphatic heterocycles. The van der Waals surface area contributed by atoms with Crippen LogP contribution in [-0.2, 0) is 17.9 Å². The van der Waals surface area contributed by atoms with Crippen molar-refractivity contribution in [2.45, 2.75) is 33.9 Å². The second kappa shape index (κ2) is 11.5. The molecule has 5 nitrogen and oxygen atoms in total. The molecule has 0 atom stereocenters.